The summed E-state index contributed by atoms with van der Waals surface area (Å²) in [6, 6.07) is 10.1. The van der Waals surface area contributed by atoms with Gasteiger partial charge in [-0.1, -0.05) is 18.2 Å². The van der Waals surface area contributed by atoms with Crippen LogP contribution in [0.3, 0.4) is 0 Å². The van der Waals surface area contributed by atoms with Gasteiger partial charge in [-0.25, -0.2) is 9.59 Å². The number of amides is 1. The minimum absolute atomic E-state index is 0.129. The lowest BCUT2D eigenvalue weighted by molar-refractivity contribution is -0.142. The number of aromatic amines is 1. The maximum absolute atomic E-state index is 13.0. The fourth-order valence-corrected chi connectivity index (χ4v) is 4.85. The summed E-state index contributed by atoms with van der Waals surface area (Å²) < 4.78 is 11.6. The van der Waals surface area contributed by atoms with Crippen molar-refractivity contribution in [1.29, 1.82) is 0 Å². The number of carbonyl (C=O) groups excluding carboxylic acids is 1. The van der Waals surface area contributed by atoms with Crippen LogP contribution in [0.1, 0.15) is 35.6 Å². The zero-order valence-electron chi connectivity index (χ0n) is 19.5. The van der Waals surface area contributed by atoms with Crippen molar-refractivity contribution in [3.8, 4) is 5.75 Å². The van der Waals surface area contributed by atoms with Gasteiger partial charge in [0.25, 0.3) is 5.91 Å². The van der Waals surface area contributed by atoms with Crippen molar-refractivity contribution < 1.29 is 23.8 Å². The Labute approximate surface area is 200 Å². The van der Waals surface area contributed by atoms with E-state index < -0.39 is 24.0 Å². The molecule has 2 aromatic carbocycles. The van der Waals surface area contributed by atoms with Crippen LogP contribution in [0, 0.1) is 6.92 Å². The highest BCUT2D eigenvalue weighted by molar-refractivity contribution is 5.91. The first kappa shape index (κ1) is 22.7. The molecule has 1 aliphatic carbocycles. The zero-order valence-corrected chi connectivity index (χ0v) is 19.5. The van der Waals surface area contributed by atoms with Crippen molar-refractivity contribution in [2.75, 3.05) is 0 Å². The molecule has 0 fully saturated rings. The van der Waals surface area contributed by atoms with Crippen molar-refractivity contribution in [1.82, 2.24) is 10.3 Å². The molecule has 3 N–H and O–H groups in total. The van der Waals surface area contributed by atoms with Crippen LogP contribution in [-0.2, 0) is 28.9 Å². The largest absolute Gasteiger partial charge is 0.480 e. The number of fused-ring (bicyclic) bond motifs is 4. The van der Waals surface area contributed by atoms with Crippen molar-refractivity contribution >= 4 is 33.7 Å². The second kappa shape index (κ2) is 8.94. The number of hydrogen-bond acceptors (Lipinski definition) is 5. The van der Waals surface area contributed by atoms with Crippen LogP contribution in [0.5, 0.6) is 5.75 Å². The summed E-state index contributed by atoms with van der Waals surface area (Å²) in [5.74, 6) is -1.22. The van der Waals surface area contributed by atoms with E-state index in [1.165, 1.54) is 0 Å². The number of para-hydroxylation sites is 1. The van der Waals surface area contributed by atoms with E-state index in [0.717, 1.165) is 40.4 Å². The van der Waals surface area contributed by atoms with E-state index in [4.69, 9.17) is 9.15 Å². The molecule has 0 aliphatic heterocycles. The fraction of sp³-hybridized carbons (Fsp3) is 0.296. The molecular weight excluding hydrogens is 448 g/mol. The van der Waals surface area contributed by atoms with Gasteiger partial charge in [-0.05, 0) is 68.0 Å². The van der Waals surface area contributed by atoms with Crippen LogP contribution in [-0.4, -0.2) is 34.1 Å². The molecule has 1 aliphatic rings. The third kappa shape index (κ3) is 4.27. The van der Waals surface area contributed by atoms with Crippen LogP contribution in [0.25, 0.3) is 21.9 Å². The molecule has 4 aromatic rings. The normalized spacial score (nSPS) is 14.6. The minimum atomic E-state index is -1.13. The molecule has 8 heteroatoms. The number of aromatic nitrogens is 1. The molecule has 0 radical (unpaired) electrons. The number of carboxylic acids is 1. The molecule has 2 aromatic heterocycles. The molecule has 2 atom stereocenters. The first-order chi connectivity index (χ1) is 16.8. The monoisotopic (exact) mass is 474 g/mol. The molecule has 0 spiro atoms. The molecule has 2 heterocycles. The van der Waals surface area contributed by atoms with Gasteiger partial charge in [0.1, 0.15) is 17.4 Å². The number of hydrogen-bond donors (Lipinski definition) is 3. The predicted molar refractivity (Wildman–Crippen MR) is 131 cm³/mol. The second-order valence-corrected chi connectivity index (χ2v) is 9.06. The number of benzene rings is 2. The SMILES string of the molecule is Cc1cc(OC(C)C(=O)N[C@@H](Cc2c[nH]c3ccccc23)C(=O)O)c2c3c(c(=O)oc2c1)CCC3. The molecule has 1 amide bonds. The predicted octanol–water partition coefficient (Wildman–Crippen LogP) is 3.65. The number of rotatable bonds is 7. The Morgan fingerprint density at radius 2 is 1.97 bits per heavy atom. The third-order valence-electron chi connectivity index (χ3n) is 6.57. The van der Waals surface area contributed by atoms with Crippen molar-refractivity contribution in [3.05, 3.63) is 75.3 Å². The van der Waals surface area contributed by atoms with Crippen molar-refractivity contribution in [2.24, 2.45) is 0 Å². The highest BCUT2D eigenvalue weighted by Gasteiger charge is 2.27. The Morgan fingerprint density at radius 1 is 1.20 bits per heavy atom. The van der Waals surface area contributed by atoms with Crippen molar-refractivity contribution in [3.63, 3.8) is 0 Å². The smallest absolute Gasteiger partial charge is 0.339 e. The van der Waals surface area contributed by atoms with Gasteiger partial charge >= 0.3 is 11.6 Å². The summed E-state index contributed by atoms with van der Waals surface area (Å²) in [6.07, 6.45) is 3.18. The van der Waals surface area contributed by atoms with Crippen LogP contribution in [0.4, 0.5) is 0 Å². The Hall–Kier alpha value is -4.07. The molecule has 5 rings (SSSR count). The minimum Gasteiger partial charge on any atom is -0.480 e. The van der Waals surface area contributed by atoms with E-state index in [-0.39, 0.29) is 12.0 Å². The maximum atomic E-state index is 13.0. The van der Waals surface area contributed by atoms with Crippen LogP contribution in [0.15, 0.2) is 51.8 Å². The van der Waals surface area contributed by atoms with Gasteiger partial charge in [-0.15, -0.1) is 0 Å². The maximum Gasteiger partial charge on any atom is 0.339 e. The molecule has 0 bridgehead atoms. The molecule has 35 heavy (non-hydrogen) atoms. The first-order valence-corrected chi connectivity index (χ1v) is 11.7. The molecule has 180 valence electrons. The van der Waals surface area contributed by atoms with Gasteiger partial charge in [0.15, 0.2) is 6.10 Å². The number of nitrogens with one attached hydrogen (secondary N) is 2. The molecule has 0 saturated heterocycles. The second-order valence-electron chi connectivity index (χ2n) is 9.06. The van der Waals surface area contributed by atoms with Gasteiger partial charge in [-0.3, -0.25) is 4.79 Å². The van der Waals surface area contributed by atoms with E-state index in [0.29, 0.717) is 28.7 Å². The Balaban J connectivity index is 1.38. The molecule has 1 unspecified atom stereocenters. The lowest BCUT2D eigenvalue weighted by Gasteiger charge is -2.20. The zero-order chi connectivity index (χ0) is 24.7. The van der Waals surface area contributed by atoms with E-state index in [1.54, 1.807) is 19.2 Å². The topological polar surface area (TPSA) is 122 Å². The Morgan fingerprint density at radius 3 is 2.77 bits per heavy atom. The average Bonchev–Trinajstić information content (AvgIpc) is 3.46. The number of ether oxygens (including phenoxy) is 1. The molecule has 8 nitrogen and oxygen atoms in total. The van der Waals surface area contributed by atoms with E-state index in [2.05, 4.69) is 10.3 Å². The number of carboxylic acid groups (broad SMARTS) is 1. The summed E-state index contributed by atoms with van der Waals surface area (Å²) in [7, 11) is 0. The number of carbonyl (C=O) groups is 2. The Bertz CT molecular complexity index is 1520. The van der Waals surface area contributed by atoms with Crippen LogP contribution in [0.2, 0.25) is 0 Å². The van der Waals surface area contributed by atoms with Gasteiger partial charge < -0.3 is 24.6 Å². The molecule has 0 saturated carbocycles. The highest BCUT2D eigenvalue weighted by atomic mass is 16.5. The number of aryl methyl sites for hydroxylation is 2. The van der Waals surface area contributed by atoms with Crippen LogP contribution >= 0.6 is 0 Å². The lowest BCUT2D eigenvalue weighted by atomic mass is 10.0. The standard InChI is InChI=1S/C27H26N2O6/c1-14-10-22(24-18-7-5-8-19(18)27(33)35-23(24)11-14)34-15(2)25(30)29-21(26(31)32)12-16-13-28-20-9-4-3-6-17(16)20/h3-4,6,9-11,13,15,21,28H,5,7-8,12H2,1-2H3,(H,29,30)(H,31,32)/t15?,21-/m0/s1. The summed E-state index contributed by atoms with van der Waals surface area (Å²) in [6.45, 7) is 3.43. The van der Waals surface area contributed by atoms with Crippen LogP contribution < -0.4 is 15.7 Å². The average molecular weight is 475 g/mol. The quantitative estimate of drug-likeness (QED) is 0.352. The van der Waals surface area contributed by atoms with Gasteiger partial charge in [0.2, 0.25) is 0 Å². The number of aliphatic carboxylic acids is 1. The molecular formula is C27H26N2O6. The first-order valence-electron chi connectivity index (χ1n) is 11.7. The van der Waals surface area contributed by atoms with Crippen molar-refractivity contribution in [2.45, 2.75) is 51.7 Å². The fourth-order valence-electron chi connectivity index (χ4n) is 4.85. The summed E-state index contributed by atoms with van der Waals surface area (Å²) in [5.41, 5.74) is 4.20. The summed E-state index contributed by atoms with van der Waals surface area (Å²) >= 11 is 0. The van der Waals surface area contributed by atoms with E-state index >= 15 is 0 Å². The van der Waals surface area contributed by atoms with E-state index in [9.17, 15) is 19.5 Å². The highest BCUT2D eigenvalue weighted by Crippen LogP contribution is 2.35. The Kier molecular flexibility index (Phi) is 5.80. The number of H-pyrrole nitrogens is 1. The van der Waals surface area contributed by atoms with Gasteiger partial charge in [0.05, 0.1) is 5.39 Å². The van der Waals surface area contributed by atoms with Gasteiger partial charge in [-0.2, -0.15) is 0 Å². The third-order valence-corrected chi connectivity index (χ3v) is 6.57. The summed E-state index contributed by atoms with van der Waals surface area (Å²) in [5, 5.41) is 14.0. The summed E-state index contributed by atoms with van der Waals surface area (Å²) in [4.78, 5) is 40.4. The van der Waals surface area contributed by atoms with E-state index in [1.807, 2.05) is 37.3 Å². The van der Waals surface area contributed by atoms with Gasteiger partial charge in [0, 0.05) is 29.1 Å². The lowest BCUT2D eigenvalue weighted by Crippen LogP contribution is -2.47.